The normalized spacial score (nSPS) is 18.1. The highest BCUT2D eigenvalue weighted by atomic mass is 15.3. The molecule has 2 aliphatic rings. The maximum Gasteiger partial charge on any atom is 0.158 e. The molecule has 5 heterocycles. The van der Waals surface area contributed by atoms with E-state index in [1.165, 1.54) is 79.1 Å². The summed E-state index contributed by atoms with van der Waals surface area (Å²) in [4.78, 5) is 18.4. The molecule has 4 aromatic heterocycles. The first kappa shape index (κ1) is 23.6. The molecule has 0 amide bonds. The van der Waals surface area contributed by atoms with Crippen LogP contribution in [0.2, 0.25) is 0 Å². The zero-order valence-corrected chi connectivity index (χ0v) is 22.6. The van der Waals surface area contributed by atoms with Crippen LogP contribution in [-0.4, -0.2) is 74.6 Å². The second-order valence-electron chi connectivity index (χ2n) is 12.0. The average Bonchev–Trinajstić information content (AvgIpc) is 3.40. The maximum atomic E-state index is 5.30. The van der Waals surface area contributed by atoms with E-state index in [9.17, 15) is 0 Å². The molecule has 36 heavy (non-hydrogen) atoms. The molecule has 190 valence electrons. The molecular formula is C29H39N7. The Morgan fingerprint density at radius 1 is 1.14 bits per heavy atom. The van der Waals surface area contributed by atoms with Gasteiger partial charge >= 0.3 is 0 Å². The van der Waals surface area contributed by atoms with E-state index in [2.05, 4.69) is 85.0 Å². The van der Waals surface area contributed by atoms with Crippen molar-refractivity contribution in [2.45, 2.75) is 58.8 Å². The first-order valence-corrected chi connectivity index (χ1v) is 13.4. The zero-order valence-electron chi connectivity index (χ0n) is 22.6. The van der Waals surface area contributed by atoms with E-state index in [-0.39, 0.29) is 0 Å². The summed E-state index contributed by atoms with van der Waals surface area (Å²) in [6, 6.07) is 4.51. The van der Waals surface area contributed by atoms with Gasteiger partial charge in [-0.25, -0.2) is 9.50 Å². The molecule has 1 saturated heterocycles. The fourth-order valence-corrected chi connectivity index (χ4v) is 6.68. The van der Waals surface area contributed by atoms with E-state index in [4.69, 9.17) is 4.98 Å². The van der Waals surface area contributed by atoms with Crippen molar-refractivity contribution in [3.05, 3.63) is 47.0 Å². The molecule has 0 bridgehead atoms. The van der Waals surface area contributed by atoms with Crippen molar-refractivity contribution >= 4 is 16.7 Å². The third-order valence-corrected chi connectivity index (χ3v) is 8.65. The van der Waals surface area contributed by atoms with Gasteiger partial charge in [-0.3, -0.25) is 4.98 Å². The molecule has 1 aliphatic heterocycles. The predicted octanol–water partition coefficient (Wildman–Crippen LogP) is 5.14. The van der Waals surface area contributed by atoms with Crippen molar-refractivity contribution in [2.24, 2.45) is 5.41 Å². The number of nitrogens with zero attached hydrogens (tertiary/aromatic N) is 6. The van der Waals surface area contributed by atoms with Gasteiger partial charge in [-0.05, 0) is 94.9 Å². The zero-order chi connectivity index (χ0) is 25.2. The third kappa shape index (κ3) is 3.84. The van der Waals surface area contributed by atoms with Crippen molar-refractivity contribution in [3.8, 4) is 11.3 Å². The summed E-state index contributed by atoms with van der Waals surface area (Å²) >= 11 is 0. The van der Waals surface area contributed by atoms with Gasteiger partial charge in [0, 0.05) is 42.0 Å². The van der Waals surface area contributed by atoms with Crippen LogP contribution in [0, 0.1) is 19.3 Å². The van der Waals surface area contributed by atoms with Crippen LogP contribution in [-0.2, 0) is 0 Å². The molecule has 0 atom stereocenters. The molecule has 7 nitrogen and oxygen atoms in total. The lowest BCUT2D eigenvalue weighted by Gasteiger charge is -2.59. The molecule has 1 N–H and O–H groups in total. The molecule has 1 aliphatic carbocycles. The van der Waals surface area contributed by atoms with E-state index in [1.807, 2.05) is 4.52 Å². The molecule has 7 heteroatoms. The summed E-state index contributed by atoms with van der Waals surface area (Å²) < 4.78 is 1.89. The molecule has 1 saturated carbocycles. The number of likely N-dealkylation sites (tertiary alicyclic amines) is 1. The molecule has 0 radical (unpaired) electrons. The van der Waals surface area contributed by atoms with E-state index in [1.54, 1.807) is 6.33 Å². The molecule has 4 aromatic rings. The number of hydrogen-bond acceptors (Lipinski definition) is 5. The summed E-state index contributed by atoms with van der Waals surface area (Å²) in [6.45, 7) is 13.8. The highest BCUT2D eigenvalue weighted by Crippen LogP contribution is 2.56. The van der Waals surface area contributed by atoms with Crippen molar-refractivity contribution in [1.29, 1.82) is 0 Å². The fourth-order valence-electron chi connectivity index (χ4n) is 6.68. The Hall–Kier alpha value is -2.77. The molecular weight excluding hydrogens is 446 g/mol. The molecule has 6 rings (SSSR count). The largest absolute Gasteiger partial charge is 0.353 e. The highest BCUT2D eigenvalue weighted by molar-refractivity contribution is 5.89. The van der Waals surface area contributed by atoms with Crippen LogP contribution in [0.25, 0.3) is 27.9 Å². The lowest BCUT2D eigenvalue weighted by Crippen LogP contribution is -2.61. The second-order valence-corrected chi connectivity index (χ2v) is 12.0. The van der Waals surface area contributed by atoms with Crippen LogP contribution in [0.1, 0.15) is 67.3 Å². The van der Waals surface area contributed by atoms with Gasteiger partial charge in [-0.1, -0.05) is 13.8 Å². The predicted molar refractivity (Wildman–Crippen MR) is 146 cm³/mol. The van der Waals surface area contributed by atoms with Gasteiger partial charge in [0.2, 0.25) is 0 Å². The van der Waals surface area contributed by atoms with Gasteiger partial charge in [-0.15, -0.1) is 0 Å². The SMILES string of the molecule is Cc1c(-c2[nH]c3ccc(C4CC5(C4)CN(CCCN(C)C)C5)nc3c2C(C)C)cn2ncnc2c1C. The summed E-state index contributed by atoms with van der Waals surface area (Å²) in [5, 5.41) is 4.42. The minimum Gasteiger partial charge on any atom is -0.353 e. The number of fused-ring (bicyclic) bond motifs is 2. The van der Waals surface area contributed by atoms with E-state index in [0.717, 1.165) is 16.7 Å². The van der Waals surface area contributed by atoms with Gasteiger partial charge in [0.05, 0.1) is 16.7 Å². The van der Waals surface area contributed by atoms with Crippen LogP contribution in [0.3, 0.4) is 0 Å². The lowest BCUT2D eigenvalue weighted by molar-refractivity contribution is -0.0742. The van der Waals surface area contributed by atoms with Crippen LogP contribution in [0.4, 0.5) is 0 Å². The van der Waals surface area contributed by atoms with Crippen LogP contribution in [0.15, 0.2) is 24.7 Å². The van der Waals surface area contributed by atoms with Gasteiger partial charge in [-0.2, -0.15) is 5.10 Å². The number of aromatic amines is 1. The number of pyridine rings is 2. The number of H-pyrrole nitrogens is 1. The van der Waals surface area contributed by atoms with E-state index in [0.29, 0.717) is 17.3 Å². The Kier molecular flexibility index (Phi) is 5.68. The standard InChI is InChI=1S/C29H39N7/c1-18(2)25-26(22-14-36-28(30-17-31-36)20(4)19(22)3)33-24-9-8-23(32-27(24)25)21-12-29(13-21)15-35(16-29)11-7-10-34(5)6/h8-9,14,17-18,21,33H,7,10-13,15-16H2,1-6H3. The number of rotatable bonds is 7. The Morgan fingerprint density at radius 2 is 1.92 bits per heavy atom. The van der Waals surface area contributed by atoms with Crippen molar-refractivity contribution in [3.63, 3.8) is 0 Å². The topological polar surface area (TPSA) is 65.4 Å². The summed E-state index contributed by atoms with van der Waals surface area (Å²) in [5.74, 6) is 0.949. The van der Waals surface area contributed by atoms with Gasteiger partial charge in [0.25, 0.3) is 0 Å². The number of nitrogens with one attached hydrogen (secondary N) is 1. The molecule has 0 unspecified atom stereocenters. The minimum atomic E-state index is 0.359. The van der Waals surface area contributed by atoms with Gasteiger partial charge in [0.1, 0.15) is 6.33 Å². The number of hydrogen-bond donors (Lipinski definition) is 1. The molecule has 2 fully saturated rings. The number of aromatic nitrogens is 5. The van der Waals surface area contributed by atoms with E-state index < -0.39 is 0 Å². The van der Waals surface area contributed by atoms with Gasteiger partial charge in [0.15, 0.2) is 5.65 Å². The first-order valence-electron chi connectivity index (χ1n) is 13.4. The summed E-state index contributed by atoms with van der Waals surface area (Å²) in [6.07, 6.45) is 7.57. The van der Waals surface area contributed by atoms with Crippen LogP contribution in [0.5, 0.6) is 0 Å². The van der Waals surface area contributed by atoms with Gasteiger partial charge < -0.3 is 14.8 Å². The molecule has 1 spiro atoms. The summed E-state index contributed by atoms with van der Waals surface area (Å²) in [7, 11) is 4.32. The van der Waals surface area contributed by atoms with Crippen molar-refractivity contribution < 1.29 is 0 Å². The quantitative estimate of drug-likeness (QED) is 0.392. The van der Waals surface area contributed by atoms with Crippen LogP contribution < -0.4 is 0 Å². The van der Waals surface area contributed by atoms with Crippen molar-refractivity contribution in [2.75, 3.05) is 40.3 Å². The second kappa shape index (κ2) is 8.67. The first-order chi connectivity index (χ1) is 17.2. The monoisotopic (exact) mass is 485 g/mol. The fraction of sp³-hybridized carbons (Fsp3) is 0.552. The Labute approximate surface area is 213 Å². The minimum absolute atomic E-state index is 0.359. The average molecular weight is 486 g/mol. The summed E-state index contributed by atoms with van der Waals surface area (Å²) in [5.41, 5.74) is 11.1. The van der Waals surface area contributed by atoms with Crippen molar-refractivity contribution in [1.82, 2.24) is 34.4 Å². The number of aryl methyl sites for hydroxylation is 1. The van der Waals surface area contributed by atoms with E-state index >= 15 is 0 Å². The maximum absolute atomic E-state index is 5.30. The molecule has 0 aromatic carbocycles. The Morgan fingerprint density at radius 3 is 2.64 bits per heavy atom. The third-order valence-electron chi connectivity index (χ3n) is 8.65. The Bertz CT molecular complexity index is 1410. The lowest BCUT2D eigenvalue weighted by atomic mass is 9.57. The smallest absolute Gasteiger partial charge is 0.158 e. The Balaban J connectivity index is 1.25. The highest BCUT2D eigenvalue weighted by Gasteiger charge is 2.52. The van der Waals surface area contributed by atoms with Crippen LogP contribution >= 0.6 is 0 Å².